The van der Waals surface area contributed by atoms with Gasteiger partial charge in [0, 0.05) is 32.6 Å². The zero-order valence-corrected chi connectivity index (χ0v) is 11.6. The maximum atomic E-state index is 12.4. The number of piperidine rings is 1. The molecule has 0 unspecified atom stereocenters. The summed E-state index contributed by atoms with van der Waals surface area (Å²) in [6.45, 7) is 3.35. The minimum atomic E-state index is -0.225. The number of amides is 3. The van der Waals surface area contributed by atoms with Gasteiger partial charge in [-0.1, -0.05) is 12.8 Å². The van der Waals surface area contributed by atoms with Crippen LogP contribution >= 0.6 is 0 Å². The lowest BCUT2D eigenvalue weighted by Gasteiger charge is -2.35. The van der Waals surface area contributed by atoms with E-state index in [-0.39, 0.29) is 11.9 Å². The number of hydrogen-bond donors (Lipinski definition) is 1. The fraction of sp³-hybridized carbons (Fsp3) is 0.857. The van der Waals surface area contributed by atoms with Gasteiger partial charge in [-0.05, 0) is 31.6 Å². The van der Waals surface area contributed by atoms with Gasteiger partial charge in [0.2, 0.25) is 5.91 Å². The minimum Gasteiger partial charge on any atom is -0.370 e. The van der Waals surface area contributed by atoms with Gasteiger partial charge in [0.1, 0.15) is 0 Å². The Kier molecular flexibility index (Phi) is 5.05. The van der Waals surface area contributed by atoms with Crippen molar-refractivity contribution < 1.29 is 9.59 Å². The summed E-state index contributed by atoms with van der Waals surface area (Å²) in [5.41, 5.74) is 5.22. The fourth-order valence-corrected chi connectivity index (χ4v) is 3.07. The van der Waals surface area contributed by atoms with Gasteiger partial charge in [-0.2, -0.15) is 0 Å². The molecule has 2 heterocycles. The van der Waals surface area contributed by atoms with Crippen molar-refractivity contribution in [2.24, 2.45) is 11.7 Å². The summed E-state index contributed by atoms with van der Waals surface area (Å²) in [7, 11) is 0. The van der Waals surface area contributed by atoms with E-state index < -0.39 is 0 Å². The molecule has 19 heavy (non-hydrogen) atoms. The van der Waals surface area contributed by atoms with Crippen LogP contribution in [-0.2, 0) is 4.79 Å². The van der Waals surface area contributed by atoms with Gasteiger partial charge in [-0.3, -0.25) is 4.79 Å². The van der Waals surface area contributed by atoms with E-state index in [2.05, 4.69) is 0 Å². The lowest BCUT2D eigenvalue weighted by molar-refractivity contribution is -0.119. The molecule has 0 bridgehead atoms. The third-order valence-corrected chi connectivity index (χ3v) is 4.25. The summed E-state index contributed by atoms with van der Waals surface area (Å²) >= 11 is 0. The van der Waals surface area contributed by atoms with E-state index in [1.807, 2.05) is 9.80 Å². The Hall–Kier alpha value is -1.26. The molecule has 2 saturated heterocycles. The molecule has 2 fully saturated rings. The van der Waals surface area contributed by atoms with Crippen LogP contribution in [0.4, 0.5) is 4.79 Å². The van der Waals surface area contributed by atoms with Crippen LogP contribution in [0.3, 0.4) is 0 Å². The predicted molar refractivity (Wildman–Crippen MR) is 73.5 cm³/mol. The van der Waals surface area contributed by atoms with E-state index in [1.165, 1.54) is 12.8 Å². The molecule has 108 valence electrons. The van der Waals surface area contributed by atoms with Gasteiger partial charge < -0.3 is 15.5 Å². The average Bonchev–Trinajstić information content (AvgIpc) is 2.67. The molecular weight excluding hydrogens is 242 g/mol. The number of urea groups is 1. The van der Waals surface area contributed by atoms with Gasteiger partial charge in [-0.15, -0.1) is 0 Å². The van der Waals surface area contributed by atoms with E-state index >= 15 is 0 Å². The Morgan fingerprint density at radius 2 is 1.42 bits per heavy atom. The zero-order chi connectivity index (χ0) is 13.7. The van der Waals surface area contributed by atoms with E-state index in [0.29, 0.717) is 12.3 Å². The van der Waals surface area contributed by atoms with Crippen LogP contribution < -0.4 is 5.73 Å². The van der Waals surface area contributed by atoms with Crippen molar-refractivity contribution in [1.29, 1.82) is 0 Å². The summed E-state index contributed by atoms with van der Waals surface area (Å²) in [5.74, 6) is 0.142. The lowest BCUT2D eigenvalue weighted by Crippen LogP contribution is -2.47. The predicted octanol–water partition coefficient (Wildman–Crippen LogP) is 1.57. The zero-order valence-electron chi connectivity index (χ0n) is 11.6. The summed E-state index contributed by atoms with van der Waals surface area (Å²) < 4.78 is 0. The van der Waals surface area contributed by atoms with Crippen LogP contribution in [0.1, 0.15) is 44.9 Å². The van der Waals surface area contributed by atoms with E-state index in [9.17, 15) is 9.59 Å². The first-order valence-electron chi connectivity index (χ1n) is 7.49. The lowest BCUT2D eigenvalue weighted by atomic mass is 9.93. The molecule has 2 rings (SSSR count). The summed E-state index contributed by atoms with van der Waals surface area (Å²) in [6.07, 6.45) is 7.01. The van der Waals surface area contributed by atoms with Crippen molar-refractivity contribution >= 4 is 11.9 Å². The maximum absolute atomic E-state index is 12.4. The van der Waals surface area contributed by atoms with Gasteiger partial charge in [0.25, 0.3) is 0 Å². The molecule has 0 spiro atoms. The molecule has 5 heteroatoms. The highest BCUT2D eigenvalue weighted by Crippen LogP contribution is 2.22. The van der Waals surface area contributed by atoms with Crippen LogP contribution in [0.15, 0.2) is 0 Å². The molecule has 0 saturated carbocycles. The van der Waals surface area contributed by atoms with Crippen LogP contribution in [0.5, 0.6) is 0 Å². The van der Waals surface area contributed by atoms with Crippen LogP contribution in [0.2, 0.25) is 0 Å². The van der Waals surface area contributed by atoms with Gasteiger partial charge >= 0.3 is 6.03 Å². The molecule has 0 aromatic heterocycles. The Morgan fingerprint density at radius 3 is 1.95 bits per heavy atom. The van der Waals surface area contributed by atoms with E-state index in [1.54, 1.807) is 0 Å². The molecule has 0 atom stereocenters. The largest absolute Gasteiger partial charge is 0.370 e. The molecule has 0 aromatic rings. The molecular formula is C14H25N3O2. The maximum Gasteiger partial charge on any atom is 0.319 e. The van der Waals surface area contributed by atoms with Crippen molar-refractivity contribution in [2.45, 2.75) is 44.9 Å². The quantitative estimate of drug-likeness (QED) is 0.825. The summed E-state index contributed by atoms with van der Waals surface area (Å²) in [4.78, 5) is 27.2. The van der Waals surface area contributed by atoms with Crippen molar-refractivity contribution in [2.75, 3.05) is 26.2 Å². The minimum absolute atomic E-state index is 0.194. The molecule has 3 amide bonds. The SMILES string of the molecule is NC(=O)CC1CCN(C(=O)N2CCCCCC2)CC1. The Morgan fingerprint density at radius 1 is 0.895 bits per heavy atom. The number of carbonyl (C=O) groups is 2. The van der Waals surface area contributed by atoms with E-state index in [0.717, 1.165) is 51.9 Å². The highest BCUT2D eigenvalue weighted by Gasteiger charge is 2.27. The first-order valence-corrected chi connectivity index (χ1v) is 7.49. The Labute approximate surface area is 115 Å². The van der Waals surface area contributed by atoms with Gasteiger partial charge in [-0.25, -0.2) is 4.79 Å². The van der Waals surface area contributed by atoms with Crippen LogP contribution in [-0.4, -0.2) is 47.9 Å². The molecule has 5 nitrogen and oxygen atoms in total. The normalized spacial score (nSPS) is 22.1. The number of carbonyl (C=O) groups excluding carboxylic acids is 2. The molecule has 0 radical (unpaired) electrons. The highest BCUT2D eigenvalue weighted by molar-refractivity contribution is 5.75. The van der Waals surface area contributed by atoms with Crippen molar-refractivity contribution in [3.05, 3.63) is 0 Å². The second-order valence-corrected chi connectivity index (χ2v) is 5.78. The number of nitrogens with zero attached hydrogens (tertiary/aromatic N) is 2. The van der Waals surface area contributed by atoms with Crippen molar-refractivity contribution in [3.63, 3.8) is 0 Å². The average molecular weight is 267 g/mol. The first kappa shape index (κ1) is 14.2. The molecule has 0 aliphatic carbocycles. The molecule has 2 aliphatic heterocycles. The fourth-order valence-electron chi connectivity index (χ4n) is 3.07. The number of hydrogen-bond acceptors (Lipinski definition) is 2. The van der Waals surface area contributed by atoms with Crippen molar-refractivity contribution in [1.82, 2.24) is 9.80 Å². The summed E-state index contributed by atoms with van der Waals surface area (Å²) in [6, 6.07) is 0.194. The number of primary amides is 1. The van der Waals surface area contributed by atoms with Gasteiger partial charge in [0.05, 0.1) is 0 Å². The van der Waals surface area contributed by atoms with E-state index in [4.69, 9.17) is 5.73 Å². The smallest absolute Gasteiger partial charge is 0.319 e. The third-order valence-electron chi connectivity index (χ3n) is 4.25. The van der Waals surface area contributed by atoms with Crippen molar-refractivity contribution in [3.8, 4) is 0 Å². The number of likely N-dealkylation sites (tertiary alicyclic amines) is 2. The first-order chi connectivity index (χ1) is 9.16. The highest BCUT2D eigenvalue weighted by atomic mass is 16.2. The second-order valence-electron chi connectivity index (χ2n) is 5.78. The number of rotatable bonds is 2. The number of nitrogens with two attached hydrogens (primary N) is 1. The topological polar surface area (TPSA) is 66.6 Å². The summed E-state index contributed by atoms with van der Waals surface area (Å²) in [5, 5.41) is 0. The molecule has 0 aromatic carbocycles. The third kappa shape index (κ3) is 4.11. The standard InChI is InChI=1S/C14H25N3O2/c15-13(18)11-12-5-9-17(10-6-12)14(19)16-7-3-1-2-4-8-16/h12H,1-11H2,(H2,15,18). The second kappa shape index (κ2) is 6.78. The molecule has 2 aliphatic rings. The Balaban J connectivity index is 1.79. The van der Waals surface area contributed by atoms with Gasteiger partial charge in [0.15, 0.2) is 0 Å². The van der Waals surface area contributed by atoms with Crippen LogP contribution in [0, 0.1) is 5.92 Å². The monoisotopic (exact) mass is 267 g/mol. The molecule has 2 N–H and O–H groups in total. The Bertz CT molecular complexity index is 317. The van der Waals surface area contributed by atoms with Crippen LogP contribution in [0.25, 0.3) is 0 Å².